The molecule has 3 aromatic rings. The van der Waals surface area contributed by atoms with Crippen LogP contribution < -0.4 is 10.6 Å². The highest BCUT2D eigenvalue weighted by Crippen LogP contribution is 2.24. The zero-order valence-electron chi connectivity index (χ0n) is 16.9. The molecule has 2 aromatic carbocycles. The van der Waals surface area contributed by atoms with E-state index in [0.29, 0.717) is 12.2 Å². The average Bonchev–Trinajstić information content (AvgIpc) is 3.21. The van der Waals surface area contributed by atoms with E-state index in [-0.39, 0.29) is 12.2 Å². The molecular formula is C24H20N4O3. The second-order valence-electron chi connectivity index (χ2n) is 7.23. The topological polar surface area (TPSA) is 83.4 Å². The molecule has 0 radical (unpaired) electrons. The predicted octanol–water partition coefficient (Wildman–Crippen LogP) is 3.11. The Kier molecular flexibility index (Phi) is 5.29. The first kappa shape index (κ1) is 20.0. The lowest BCUT2D eigenvalue weighted by Gasteiger charge is -2.12. The minimum absolute atomic E-state index is 0.108. The van der Waals surface area contributed by atoms with Gasteiger partial charge in [0.2, 0.25) is 5.91 Å². The second kappa shape index (κ2) is 8.20. The summed E-state index contributed by atoms with van der Waals surface area (Å²) in [5, 5.41) is 6.16. The molecule has 0 saturated carbocycles. The number of amides is 4. The second-order valence-corrected chi connectivity index (χ2v) is 7.23. The molecule has 1 aliphatic heterocycles. The van der Waals surface area contributed by atoms with Crippen molar-refractivity contribution in [1.82, 2.24) is 14.8 Å². The number of rotatable bonds is 5. The number of anilines is 1. The summed E-state index contributed by atoms with van der Waals surface area (Å²) in [7, 11) is 0. The highest BCUT2D eigenvalue weighted by Gasteiger charge is 2.35. The highest BCUT2D eigenvalue weighted by molar-refractivity contribution is 6.16. The molecule has 7 heteroatoms. The summed E-state index contributed by atoms with van der Waals surface area (Å²) in [6.07, 6.45) is 8.89. The van der Waals surface area contributed by atoms with E-state index in [0.717, 1.165) is 26.9 Å². The lowest BCUT2D eigenvalue weighted by atomic mass is 10.1. The highest BCUT2D eigenvalue weighted by atomic mass is 16.2. The van der Waals surface area contributed by atoms with Gasteiger partial charge in [0.1, 0.15) is 12.2 Å². The molecule has 7 nitrogen and oxygen atoms in total. The molecular weight excluding hydrogens is 392 g/mol. The van der Waals surface area contributed by atoms with E-state index in [1.165, 1.54) is 0 Å². The molecule has 1 aromatic heterocycles. The lowest BCUT2D eigenvalue weighted by molar-refractivity contribution is -0.127. The van der Waals surface area contributed by atoms with Crippen LogP contribution in [-0.2, 0) is 16.1 Å². The van der Waals surface area contributed by atoms with Crippen molar-refractivity contribution in [3.8, 4) is 12.3 Å². The lowest BCUT2D eigenvalue weighted by Crippen LogP contribution is -2.38. The fraction of sp³-hybridized carbons (Fsp3) is 0.125. The van der Waals surface area contributed by atoms with Crippen molar-refractivity contribution in [3.05, 3.63) is 71.6 Å². The molecule has 31 heavy (non-hydrogen) atoms. The first-order valence-electron chi connectivity index (χ1n) is 9.68. The van der Waals surface area contributed by atoms with Gasteiger partial charge in [0.05, 0.1) is 6.54 Å². The molecule has 1 saturated heterocycles. The van der Waals surface area contributed by atoms with Crippen LogP contribution in [-0.4, -0.2) is 33.9 Å². The Morgan fingerprint density at radius 1 is 1.19 bits per heavy atom. The molecule has 0 bridgehead atoms. The Balaban J connectivity index is 1.55. The van der Waals surface area contributed by atoms with Crippen molar-refractivity contribution < 1.29 is 14.4 Å². The number of hydrogen-bond acceptors (Lipinski definition) is 3. The number of terminal acetylenes is 1. The number of urea groups is 1. The van der Waals surface area contributed by atoms with Crippen molar-refractivity contribution in [2.24, 2.45) is 0 Å². The van der Waals surface area contributed by atoms with Gasteiger partial charge >= 0.3 is 6.03 Å². The van der Waals surface area contributed by atoms with Gasteiger partial charge in [-0.2, -0.15) is 0 Å². The molecule has 2 N–H and O–H groups in total. The van der Waals surface area contributed by atoms with Crippen LogP contribution in [0.5, 0.6) is 0 Å². The third-order valence-corrected chi connectivity index (χ3v) is 4.95. The van der Waals surface area contributed by atoms with Gasteiger partial charge in [0, 0.05) is 28.4 Å². The smallest absolute Gasteiger partial charge is 0.329 e. The molecule has 0 unspecified atom stereocenters. The Labute approximate surface area is 179 Å². The fourth-order valence-corrected chi connectivity index (χ4v) is 3.56. The summed E-state index contributed by atoms with van der Waals surface area (Å²) in [6.45, 7) is 1.91. The van der Waals surface area contributed by atoms with Gasteiger partial charge in [-0.25, -0.2) is 9.69 Å². The normalized spacial score (nSPS) is 14.7. The van der Waals surface area contributed by atoms with E-state index >= 15 is 0 Å². The van der Waals surface area contributed by atoms with Crippen LogP contribution in [0.1, 0.15) is 11.1 Å². The molecule has 0 spiro atoms. The molecule has 0 atom stereocenters. The van der Waals surface area contributed by atoms with Gasteiger partial charge in [0.25, 0.3) is 5.91 Å². The van der Waals surface area contributed by atoms with E-state index < -0.39 is 17.8 Å². The van der Waals surface area contributed by atoms with Crippen LogP contribution in [0.3, 0.4) is 0 Å². The number of nitrogens with zero attached hydrogens (tertiary/aromatic N) is 2. The third-order valence-electron chi connectivity index (χ3n) is 4.95. The third kappa shape index (κ3) is 4.05. The zero-order chi connectivity index (χ0) is 22.0. The van der Waals surface area contributed by atoms with Crippen LogP contribution in [0.25, 0.3) is 17.0 Å². The Morgan fingerprint density at radius 3 is 2.77 bits per heavy atom. The van der Waals surface area contributed by atoms with E-state index in [4.69, 9.17) is 6.42 Å². The minimum atomic E-state index is -0.636. The number of benzene rings is 2. The first-order chi connectivity index (χ1) is 15.0. The quantitative estimate of drug-likeness (QED) is 0.384. The van der Waals surface area contributed by atoms with Gasteiger partial charge in [-0.3, -0.25) is 9.59 Å². The molecule has 1 aliphatic rings. The Hall–Kier alpha value is -4.31. The number of carbonyl (C=O) groups excluding carboxylic acids is 3. The van der Waals surface area contributed by atoms with Crippen LogP contribution in [0.2, 0.25) is 0 Å². The van der Waals surface area contributed by atoms with Gasteiger partial charge in [-0.1, -0.05) is 36.3 Å². The van der Waals surface area contributed by atoms with E-state index in [1.54, 1.807) is 18.2 Å². The number of hydrogen-bond donors (Lipinski definition) is 2. The fourth-order valence-electron chi connectivity index (χ4n) is 3.56. The van der Waals surface area contributed by atoms with Crippen LogP contribution in [0, 0.1) is 19.3 Å². The molecule has 2 heterocycles. The maximum absolute atomic E-state index is 12.8. The predicted molar refractivity (Wildman–Crippen MR) is 119 cm³/mol. The van der Waals surface area contributed by atoms with Crippen molar-refractivity contribution in [1.29, 1.82) is 0 Å². The van der Waals surface area contributed by atoms with Crippen molar-refractivity contribution >= 4 is 40.5 Å². The van der Waals surface area contributed by atoms with E-state index in [9.17, 15) is 14.4 Å². The summed E-state index contributed by atoms with van der Waals surface area (Å²) in [6, 6.07) is 14.3. The summed E-state index contributed by atoms with van der Waals surface area (Å²) in [5.41, 5.74) is 3.38. The van der Waals surface area contributed by atoms with Gasteiger partial charge in [0.15, 0.2) is 0 Å². The summed E-state index contributed by atoms with van der Waals surface area (Å²) in [5.74, 6) is 1.59. The number of aryl methyl sites for hydroxylation is 1. The van der Waals surface area contributed by atoms with Crippen LogP contribution in [0.4, 0.5) is 10.5 Å². The number of fused-ring (bicyclic) bond motifs is 1. The SMILES string of the molecule is C#CCn1cc(C=C2NC(=O)N(CC(=O)Nc3cccc(C)c3)C2=O)c2ccccc21. The number of imide groups is 1. The first-order valence-corrected chi connectivity index (χ1v) is 9.68. The summed E-state index contributed by atoms with van der Waals surface area (Å²) in [4.78, 5) is 38.4. The zero-order valence-corrected chi connectivity index (χ0v) is 16.9. The largest absolute Gasteiger partial charge is 0.335 e. The molecule has 1 fully saturated rings. The van der Waals surface area contributed by atoms with Gasteiger partial charge in [-0.15, -0.1) is 6.42 Å². The maximum atomic E-state index is 12.8. The molecule has 4 rings (SSSR count). The number of nitrogens with one attached hydrogen (secondary N) is 2. The van der Waals surface area contributed by atoms with Crippen molar-refractivity contribution in [3.63, 3.8) is 0 Å². The van der Waals surface area contributed by atoms with Gasteiger partial charge < -0.3 is 15.2 Å². The molecule has 0 aliphatic carbocycles. The Morgan fingerprint density at radius 2 is 2.00 bits per heavy atom. The van der Waals surface area contributed by atoms with Gasteiger partial charge in [-0.05, 0) is 36.8 Å². The van der Waals surface area contributed by atoms with Crippen molar-refractivity contribution in [2.75, 3.05) is 11.9 Å². The monoisotopic (exact) mass is 412 g/mol. The standard InChI is InChI=1S/C24H20N4O3/c1-3-11-27-14-17(19-9-4-5-10-21(19)27)13-20-23(30)28(24(31)26-20)15-22(29)25-18-8-6-7-16(2)12-18/h1,4-10,12-14H,11,15H2,2H3,(H,25,29)(H,26,31). The molecule has 154 valence electrons. The number of carbonyl (C=O) groups is 3. The van der Waals surface area contributed by atoms with Crippen LogP contribution in [0.15, 0.2) is 60.4 Å². The van der Waals surface area contributed by atoms with Crippen LogP contribution >= 0.6 is 0 Å². The number of para-hydroxylation sites is 1. The maximum Gasteiger partial charge on any atom is 0.329 e. The minimum Gasteiger partial charge on any atom is -0.335 e. The number of aromatic nitrogens is 1. The van der Waals surface area contributed by atoms with E-state index in [2.05, 4.69) is 16.6 Å². The summed E-state index contributed by atoms with van der Waals surface area (Å²) < 4.78 is 1.90. The van der Waals surface area contributed by atoms with E-state index in [1.807, 2.05) is 54.1 Å². The average molecular weight is 412 g/mol. The Bertz CT molecular complexity index is 1280. The summed E-state index contributed by atoms with van der Waals surface area (Å²) >= 11 is 0. The van der Waals surface area contributed by atoms with Crippen molar-refractivity contribution in [2.45, 2.75) is 13.5 Å². The molecule has 4 amide bonds.